The zero-order chi connectivity index (χ0) is 26.3. The van der Waals surface area contributed by atoms with Crippen LogP contribution in [0, 0.1) is 10.8 Å². The molecule has 0 aliphatic carbocycles. The molecule has 0 bridgehead atoms. The Labute approximate surface area is 255 Å². The number of sulfonamides is 1. The summed E-state index contributed by atoms with van der Waals surface area (Å²) in [5.74, 6) is -0.796. The summed E-state index contributed by atoms with van der Waals surface area (Å²) in [4.78, 5) is 17.3. The van der Waals surface area contributed by atoms with Gasteiger partial charge in [0, 0.05) is 50.2 Å². The van der Waals surface area contributed by atoms with Gasteiger partial charge in [0.15, 0.2) is 11.7 Å². The summed E-state index contributed by atoms with van der Waals surface area (Å²) in [6, 6.07) is 9.77. The number of fused-ring (bicyclic) bond motifs is 1. The molecule has 0 radical (unpaired) electrons. The van der Waals surface area contributed by atoms with Gasteiger partial charge >= 0.3 is 0 Å². The van der Waals surface area contributed by atoms with E-state index < -0.39 is 16.1 Å². The first kappa shape index (κ1) is 39.8. The van der Waals surface area contributed by atoms with Crippen LogP contribution in [0.25, 0.3) is 10.8 Å². The Balaban J connectivity index is 0. The van der Waals surface area contributed by atoms with Gasteiger partial charge in [-0.15, -0.1) is 37.2 Å². The Morgan fingerprint density at radius 2 is 1.57 bits per heavy atom. The van der Waals surface area contributed by atoms with Crippen LogP contribution >= 0.6 is 37.2 Å². The molecule has 3 rings (SSSR count). The van der Waals surface area contributed by atoms with Gasteiger partial charge in [-0.05, 0) is 37.8 Å². The van der Waals surface area contributed by atoms with E-state index in [0.29, 0.717) is 31.4 Å². The first-order chi connectivity index (χ1) is 17.1. The van der Waals surface area contributed by atoms with E-state index in [9.17, 15) is 13.2 Å². The van der Waals surface area contributed by atoms with Gasteiger partial charge < -0.3 is 26.3 Å². The van der Waals surface area contributed by atoms with Crippen molar-refractivity contribution >= 4 is 81.3 Å². The summed E-state index contributed by atoms with van der Waals surface area (Å²) in [5, 5.41) is 19.1. The molecule has 2 aromatic rings. The molecule has 8 N–H and O–H groups in total. The van der Waals surface area contributed by atoms with Crippen LogP contribution in [0.2, 0.25) is 0 Å². The van der Waals surface area contributed by atoms with Crippen LogP contribution in [0.4, 0.5) is 5.69 Å². The number of halogens is 3. The molecule has 2 aromatic carbocycles. The lowest BCUT2D eigenvalue weighted by molar-refractivity contribution is -0.133. The zero-order valence-electron chi connectivity index (χ0n) is 22.7. The van der Waals surface area contributed by atoms with Crippen molar-refractivity contribution in [1.82, 2.24) is 14.9 Å². The van der Waals surface area contributed by atoms with Gasteiger partial charge in [-0.25, -0.2) is 8.42 Å². The van der Waals surface area contributed by atoms with Gasteiger partial charge in [0.1, 0.15) is 6.04 Å². The Bertz CT molecular complexity index is 1220. The van der Waals surface area contributed by atoms with Crippen LogP contribution in [0.3, 0.4) is 0 Å². The van der Waals surface area contributed by atoms with Crippen molar-refractivity contribution in [3.8, 4) is 0 Å². The fourth-order valence-electron chi connectivity index (χ4n) is 4.50. The Morgan fingerprint density at radius 3 is 2.15 bits per heavy atom. The molecular formula is C25H42Cl3N7O4S. The second-order valence-electron chi connectivity index (χ2n) is 9.29. The number of nitrogens with one attached hydrogen (secondary N) is 4. The maximum absolute atomic E-state index is 13.6. The van der Waals surface area contributed by atoms with E-state index in [1.807, 2.05) is 37.2 Å². The van der Waals surface area contributed by atoms with E-state index in [2.05, 4.69) is 10.0 Å². The van der Waals surface area contributed by atoms with E-state index in [1.165, 1.54) is 0 Å². The molecule has 1 unspecified atom stereocenters. The fourth-order valence-corrected chi connectivity index (χ4v) is 5.94. The fraction of sp³-hybridized carbons (Fsp3) is 0.480. The normalized spacial score (nSPS) is 13.7. The summed E-state index contributed by atoms with van der Waals surface area (Å²) in [5.41, 5.74) is 6.21. The molecular weight excluding hydrogens is 601 g/mol. The van der Waals surface area contributed by atoms with E-state index in [-0.39, 0.29) is 71.6 Å². The van der Waals surface area contributed by atoms with Crippen molar-refractivity contribution in [3.05, 3.63) is 36.4 Å². The topological polar surface area (TPSA) is 187 Å². The van der Waals surface area contributed by atoms with E-state index in [1.54, 1.807) is 23.1 Å². The van der Waals surface area contributed by atoms with Gasteiger partial charge in [0.25, 0.3) is 0 Å². The third-order valence-corrected chi connectivity index (χ3v) is 7.91. The minimum atomic E-state index is -4.02. The van der Waals surface area contributed by atoms with Crippen molar-refractivity contribution in [3.63, 3.8) is 0 Å². The van der Waals surface area contributed by atoms with Gasteiger partial charge in [-0.2, -0.15) is 4.72 Å². The second kappa shape index (κ2) is 18.2. The van der Waals surface area contributed by atoms with Crippen molar-refractivity contribution in [1.29, 1.82) is 10.8 Å². The molecule has 1 aliphatic heterocycles. The summed E-state index contributed by atoms with van der Waals surface area (Å²) in [6.45, 7) is 1.53. The van der Waals surface area contributed by atoms with Crippen LogP contribution in [0.1, 0.15) is 38.5 Å². The largest absolute Gasteiger partial charge is 0.412 e. The van der Waals surface area contributed by atoms with Crippen molar-refractivity contribution in [2.45, 2.75) is 49.5 Å². The number of nitrogens with two attached hydrogens (primary N) is 1. The molecule has 1 saturated heterocycles. The predicted molar refractivity (Wildman–Crippen MR) is 170 cm³/mol. The van der Waals surface area contributed by atoms with E-state index in [0.717, 1.165) is 36.8 Å². The smallest absolute Gasteiger partial charge is 0.241 e. The molecule has 0 spiro atoms. The minimum Gasteiger partial charge on any atom is -0.412 e. The van der Waals surface area contributed by atoms with Crippen LogP contribution in [0.5, 0.6) is 0 Å². The number of carbonyl (C=O) groups excluding carboxylic acids is 1. The first-order valence-corrected chi connectivity index (χ1v) is 13.8. The highest BCUT2D eigenvalue weighted by molar-refractivity contribution is 7.89. The number of hydrogen-bond acceptors (Lipinski definition) is 6. The number of benzene rings is 2. The highest BCUT2D eigenvalue weighted by Gasteiger charge is 2.30. The highest BCUT2D eigenvalue weighted by Crippen LogP contribution is 2.30. The summed E-state index contributed by atoms with van der Waals surface area (Å²) < 4.78 is 30.0. The van der Waals surface area contributed by atoms with Crippen LogP contribution < -0.4 is 20.7 Å². The standard InChI is InChI=1S/C25H37N7O3S.3ClH.H2O/c1-31(2)21-13-7-11-19-18(21)10-8-14-22(19)36(34,35)30-20(12-9-15-29-24(28)23(26)27)25(33)32-16-5-3-4-6-17-32;;;;/h7-8,10-11,13-14,20,30H,3-6,9,12,15-17H2,1-2H3,(H3,26,27)(H2,28,29);3*1H;1H2. The molecule has 0 aromatic heterocycles. The van der Waals surface area contributed by atoms with Crippen LogP contribution in [-0.2, 0) is 14.8 Å². The van der Waals surface area contributed by atoms with Crippen molar-refractivity contribution < 1.29 is 18.7 Å². The lowest BCUT2D eigenvalue weighted by Gasteiger charge is -2.27. The molecule has 228 valence electrons. The second-order valence-corrected chi connectivity index (χ2v) is 11.0. The number of hydrogen-bond donors (Lipinski definition) is 5. The molecule has 0 saturated carbocycles. The zero-order valence-corrected chi connectivity index (χ0v) is 26.0. The molecule has 1 atom stereocenters. The molecule has 15 heteroatoms. The molecule has 11 nitrogen and oxygen atoms in total. The molecule has 1 fully saturated rings. The SMILES string of the molecule is CN(C)c1cccc2c(S(=O)(=O)NC(CCCNC(=N)C(=N)N)C(=O)N3CCCCCC3)cccc12.Cl.Cl.Cl.O. The molecule has 1 aliphatic rings. The summed E-state index contributed by atoms with van der Waals surface area (Å²) in [6.07, 6.45) is 4.59. The number of likely N-dealkylation sites (tertiary alicyclic amines) is 1. The number of anilines is 1. The maximum Gasteiger partial charge on any atom is 0.241 e. The monoisotopic (exact) mass is 641 g/mol. The van der Waals surface area contributed by atoms with Crippen molar-refractivity contribution in [2.75, 3.05) is 38.6 Å². The number of amidine groups is 2. The van der Waals surface area contributed by atoms with E-state index >= 15 is 0 Å². The Kier molecular flexibility index (Phi) is 18.1. The summed E-state index contributed by atoms with van der Waals surface area (Å²) in [7, 11) is -0.208. The predicted octanol–water partition coefficient (Wildman–Crippen LogP) is 2.68. The first-order valence-electron chi connectivity index (χ1n) is 12.3. The number of carbonyl (C=O) groups is 1. The lowest BCUT2D eigenvalue weighted by Crippen LogP contribution is -2.49. The van der Waals surface area contributed by atoms with Gasteiger partial charge in [-0.1, -0.05) is 37.1 Å². The van der Waals surface area contributed by atoms with Crippen LogP contribution in [0.15, 0.2) is 41.3 Å². The maximum atomic E-state index is 13.6. The summed E-state index contributed by atoms with van der Waals surface area (Å²) >= 11 is 0. The number of nitrogens with zero attached hydrogens (tertiary/aromatic N) is 2. The minimum absolute atomic E-state index is 0. The molecule has 40 heavy (non-hydrogen) atoms. The Hall–Kier alpha value is -2.35. The van der Waals surface area contributed by atoms with Crippen molar-refractivity contribution in [2.24, 2.45) is 5.73 Å². The van der Waals surface area contributed by atoms with Gasteiger partial charge in [0.05, 0.1) is 4.90 Å². The quantitative estimate of drug-likeness (QED) is 0.159. The number of amides is 1. The molecule has 1 heterocycles. The highest BCUT2D eigenvalue weighted by atomic mass is 35.5. The Morgan fingerprint density at radius 1 is 1.00 bits per heavy atom. The van der Waals surface area contributed by atoms with Crippen LogP contribution in [-0.4, -0.2) is 76.1 Å². The van der Waals surface area contributed by atoms with E-state index in [4.69, 9.17) is 16.6 Å². The van der Waals surface area contributed by atoms with Gasteiger partial charge in [-0.3, -0.25) is 15.6 Å². The molecule has 1 amide bonds. The lowest BCUT2D eigenvalue weighted by atomic mass is 10.1. The number of rotatable bonds is 9. The van der Waals surface area contributed by atoms with Gasteiger partial charge in [0.2, 0.25) is 15.9 Å². The third kappa shape index (κ3) is 10.2. The average molecular weight is 643 g/mol. The third-order valence-electron chi connectivity index (χ3n) is 6.38. The average Bonchev–Trinajstić information content (AvgIpc) is 3.14.